The highest BCUT2D eigenvalue weighted by molar-refractivity contribution is 5.63. The summed E-state index contributed by atoms with van der Waals surface area (Å²) in [5.74, 6) is 0. The highest BCUT2D eigenvalue weighted by Crippen LogP contribution is 2.31. The molecule has 1 aromatic carbocycles. The SMILES string of the molecule is O=[N+]([O-])c1cc(CO)ccc1NC1CC1. The number of aliphatic hydroxyl groups excluding tert-OH is 1. The van der Waals surface area contributed by atoms with Gasteiger partial charge in [0.2, 0.25) is 0 Å². The van der Waals surface area contributed by atoms with Crippen LogP contribution in [0.2, 0.25) is 0 Å². The van der Waals surface area contributed by atoms with E-state index in [-0.39, 0.29) is 12.3 Å². The molecule has 0 aliphatic heterocycles. The molecule has 5 heteroatoms. The molecule has 1 aliphatic carbocycles. The Hall–Kier alpha value is -1.62. The van der Waals surface area contributed by atoms with Gasteiger partial charge in [0.25, 0.3) is 5.69 Å². The molecule has 0 radical (unpaired) electrons. The molecule has 1 fully saturated rings. The first-order valence-electron chi connectivity index (χ1n) is 4.85. The van der Waals surface area contributed by atoms with E-state index in [1.165, 1.54) is 6.07 Å². The number of hydrogen-bond donors (Lipinski definition) is 2. The summed E-state index contributed by atoms with van der Waals surface area (Å²) < 4.78 is 0. The van der Waals surface area contributed by atoms with E-state index in [2.05, 4.69) is 5.32 Å². The minimum Gasteiger partial charge on any atom is -0.392 e. The van der Waals surface area contributed by atoms with Crippen molar-refractivity contribution < 1.29 is 10.0 Å². The van der Waals surface area contributed by atoms with Crippen LogP contribution in [0.3, 0.4) is 0 Å². The molecule has 0 amide bonds. The van der Waals surface area contributed by atoms with E-state index < -0.39 is 4.92 Å². The zero-order valence-corrected chi connectivity index (χ0v) is 8.14. The van der Waals surface area contributed by atoms with Crippen molar-refractivity contribution in [3.05, 3.63) is 33.9 Å². The van der Waals surface area contributed by atoms with Crippen LogP contribution in [-0.4, -0.2) is 16.1 Å². The quantitative estimate of drug-likeness (QED) is 0.582. The van der Waals surface area contributed by atoms with Crippen LogP contribution in [0.25, 0.3) is 0 Å². The van der Waals surface area contributed by atoms with Gasteiger partial charge in [-0.25, -0.2) is 0 Å². The van der Waals surface area contributed by atoms with E-state index in [0.29, 0.717) is 17.3 Å². The van der Waals surface area contributed by atoms with Crippen molar-refractivity contribution in [3.63, 3.8) is 0 Å². The van der Waals surface area contributed by atoms with E-state index in [1.807, 2.05) is 0 Å². The highest BCUT2D eigenvalue weighted by atomic mass is 16.6. The molecule has 0 spiro atoms. The number of benzene rings is 1. The van der Waals surface area contributed by atoms with Gasteiger partial charge in [-0.05, 0) is 24.5 Å². The van der Waals surface area contributed by atoms with Crippen molar-refractivity contribution in [2.24, 2.45) is 0 Å². The molecule has 1 saturated carbocycles. The molecule has 2 rings (SSSR count). The van der Waals surface area contributed by atoms with E-state index >= 15 is 0 Å². The summed E-state index contributed by atoms with van der Waals surface area (Å²) in [5, 5.41) is 22.8. The van der Waals surface area contributed by atoms with E-state index in [9.17, 15) is 10.1 Å². The Balaban J connectivity index is 2.29. The lowest BCUT2D eigenvalue weighted by Gasteiger charge is -2.06. The second-order valence-electron chi connectivity index (χ2n) is 3.69. The van der Waals surface area contributed by atoms with Gasteiger partial charge in [0.1, 0.15) is 5.69 Å². The van der Waals surface area contributed by atoms with Crippen LogP contribution in [0.4, 0.5) is 11.4 Å². The largest absolute Gasteiger partial charge is 0.392 e. The van der Waals surface area contributed by atoms with Crippen LogP contribution in [0.15, 0.2) is 18.2 Å². The van der Waals surface area contributed by atoms with E-state index in [1.54, 1.807) is 12.1 Å². The van der Waals surface area contributed by atoms with Gasteiger partial charge in [-0.1, -0.05) is 6.07 Å². The fraction of sp³-hybridized carbons (Fsp3) is 0.400. The molecular weight excluding hydrogens is 196 g/mol. The molecule has 0 unspecified atom stereocenters. The van der Waals surface area contributed by atoms with Gasteiger partial charge in [-0.2, -0.15) is 0 Å². The van der Waals surface area contributed by atoms with Crippen LogP contribution in [-0.2, 0) is 6.61 Å². The average molecular weight is 208 g/mol. The van der Waals surface area contributed by atoms with Crippen molar-refractivity contribution >= 4 is 11.4 Å². The predicted octanol–water partition coefficient (Wildman–Crippen LogP) is 1.66. The molecule has 15 heavy (non-hydrogen) atoms. The Morgan fingerprint density at radius 3 is 2.80 bits per heavy atom. The number of hydrogen-bond acceptors (Lipinski definition) is 4. The monoisotopic (exact) mass is 208 g/mol. The van der Waals surface area contributed by atoms with Gasteiger partial charge < -0.3 is 10.4 Å². The second-order valence-corrected chi connectivity index (χ2v) is 3.69. The van der Waals surface area contributed by atoms with Gasteiger partial charge >= 0.3 is 0 Å². The van der Waals surface area contributed by atoms with Gasteiger partial charge in [0.05, 0.1) is 11.5 Å². The Bertz CT molecular complexity index is 388. The maximum absolute atomic E-state index is 10.8. The zero-order valence-electron chi connectivity index (χ0n) is 8.14. The first-order chi connectivity index (χ1) is 7.20. The number of aliphatic hydroxyl groups is 1. The second kappa shape index (κ2) is 3.86. The Labute approximate surface area is 86.9 Å². The first kappa shape index (κ1) is 9.92. The molecule has 0 aromatic heterocycles. The summed E-state index contributed by atoms with van der Waals surface area (Å²) in [5.41, 5.74) is 1.14. The van der Waals surface area contributed by atoms with Crippen LogP contribution < -0.4 is 5.32 Å². The molecule has 2 N–H and O–H groups in total. The fourth-order valence-electron chi connectivity index (χ4n) is 1.40. The number of nitro groups is 1. The third-order valence-electron chi connectivity index (χ3n) is 2.38. The smallest absolute Gasteiger partial charge is 0.292 e. The summed E-state index contributed by atoms with van der Waals surface area (Å²) in [6.07, 6.45) is 2.14. The van der Waals surface area contributed by atoms with Gasteiger partial charge in [-0.15, -0.1) is 0 Å². The number of rotatable bonds is 4. The molecule has 0 bridgehead atoms. The molecule has 0 atom stereocenters. The third-order valence-corrected chi connectivity index (χ3v) is 2.38. The fourth-order valence-corrected chi connectivity index (χ4v) is 1.40. The maximum atomic E-state index is 10.8. The summed E-state index contributed by atoms with van der Waals surface area (Å²) >= 11 is 0. The standard InChI is InChI=1S/C10H12N2O3/c13-6-7-1-4-9(11-8-2-3-8)10(5-7)12(14)15/h1,4-5,8,11,13H,2-3,6H2. The number of nitro benzene ring substituents is 1. The Morgan fingerprint density at radius 2 is 2.27 bits per heavy atom. The van der Waals surface area contributed by atoms with Gasteiger partial charge in [0.15, 0.2) is 0 Å². The van der Waals surface area contributed by atoms with Crippen LogP contribution in [0.5, 0.6) is 0 Å². The zero-order chi connectivity index (χ0) is 10.8. The number of nitrogens with zero attached hydrogens (tertiary/aromatic N) is 1. The van der Waals surface area contributed by atoms with Crippen LogP contribution >= 0.6 is 0 Å². The highest BCUT2D eigenvalue weighted by Gasteiger charge is 2.24. The molecule has 1 aromatic rings. The normalized spacial score (nSPS) is 15.0. The minimum absolute atomic E-state index is 0.0356. The number of anilines is 1. The summed E-state index contributed by atoms with van der Waals surface area (Å²) in [7, 11) is 0. The number of nitrogens with one attached hydrogen (secondary N) is 1. The third kappa shape index (κ3) is 2.24. The van der Waals surface area contributed by atoms with Crippen LogP contribution in [0, 0.1) is 10.1 Å². The summed E-state index contributed by atoms with van der Waals surface area (Å²) in [4.78, 5) is 10.3. The maximum Gasteiger partial charge on any atom is 0.292 e. The predicted molar refractivity (Wildman–Crippen MR) is 55.7 cm³/mol. The molecule has 5 nitrogen and oxygen atoms in total. The lowest BCUT2D eigenvalue weighted by Crippen LogP contribution is -2.04. The lowest BCUT2D eigenvalue weighted by atomic mass is 10.2. The Morgan fingerprint density at radius 1 is 1.53 bits per heavy atom. The Kier molecular flexibility index (Phi) is 2.55. The first-order valence-corrected chi connectivity index (χ1v) is 4.85. The summed E-state index contributed by atoms with van der Waals surface area (Å²) in [6.45, 7) is -0.176. The van der Waals surface area contributed by atoms with Crippen molar-refractivity contribution in [2.75, 3.05) is 5.32 Å². The van der Waals surface area contributed by atoms with Crippen LogP contribution in [0.1, 0.15) is 18.4 Å². The van der Waals surface area contributed by atoms with Crippen molar-refractivity contribution in [3.8, 4) is 0 Å². The average Bonchev–Trinajstić information content (AvgIpc) is 3.02. The van der Waals surface area contributed by atoms with E-state index in [0.717, 1.165) is 12.8 Å². The van der Waals surface area contributed by atoms with Gasteiger partial charge in [-0.3, -0.25) is 10.1 Å². The summed E-state index contributed by atoms with van der Waals surface area (Å²) in [6, 6.07) is 5.13. The van der Waals surface area contributed by atoms with Crippen molar-refractivity contribution in [2.45, 2.75) is 25.5 Å². The molecule has 80 valence electrons. The molecular formula is C10H12N2O3. The van der Waals surface area contributed by atoms with Crippen molar-refractivity contribution in [1.82, 2.24) is 0 Å². The topological polar surface area (TPSA) is 75.4 Å². The molecule has 1 aliphatic rings. The van der Waals surface area contributed by atoms with Crippen molar-refractivity contribution in [1.29, 1.82) is 0 Å². The van der Waals surface area contributed by atoms with E-state index in [4.69, 9.17) is 5.11 Å². The minimum atomic E-state index is -0.427. The lowest BCUT2D eigenvalue weighted by molar-refractivity contribution is -0.384. The van der Waals surface area contributed by atoms with Gasteiger partial charge in [0, 0.05) is 12.1 Å². The molecule has 0 saturated heterocycles. The molecule has 0 heterocycles.